The first kappa shape index (κ1) is 9.16. The second-order valence-electron chi connectivity index (χ2n) is 2.66. The van der Waals surface area contributed by atoms with Crippen LogP contribution in [0.1, 0.15) is 11.7 Å². The van der Waals surface area contributed by atoms with Crippen molar-refractivity contribution in [2.24, 2.45) is 5.73 Å². The number of nitrogens with two attached hydrogens (primary N) is 1. The zero-order valence-corrected chi connectivity index (χ0v) is 6.65. The fraction of sp³-hybridized carbons (Fsp3) is 0.333. The maximum atomic E-state index is 13.2. The molecule has 0 bridgehead atoms. The van der Waals surface area contributed by atoms with E-state index >= 15 is 0 Å². The molecule has 1 aromatic rings. The van der Waals surface area contributed by atoms with Gasteiger partial charge in [-0.15, -0.1) is 0 Å². The number of benzene rings is 1. The van der Waals surface area contributed by atoms with E-state index in [4.69, 9.17) is 10.8 Å². The molecule has 66 valence electrons. The van der Waals surface area contributed by atoms with E-state index in [1.807, 2.05) is 0 Å². The van der Waals surface area contributed by atoms with Crippen molar-refractivity contribution in [3.05, 3.63) is 35.9 Å². The fourth-order valence-corrected chi connectivity index (χ4v) is 0.977. The maximum Gasteiger partial charge on any atom is 0.142 e. The lowest BCUT2D eigenvalue weighted by molar-refractivity contribution is 0.190. The number of rotatable bonds is 3. The minimum absolute atomic E-state index is 0.337. The Morgan fingerprint density at radius 1 is 1.33 bits per heavy atom. The molecule has 2 unspecified atom stereocenters. The van der Waals surface area contributed by atoms with Crippen molar-refractivity contribution in [1.82, 2.24) is 0 Å². The van der Waals surface area contributed by atoms with E-state index in [9.17, 15) is 4.39 Å². The smallest absolute Gasteiger partial charge is 0.142 e. The van der Waals surface area contributed by atoms with Crippen LogP contribution < -0.4 is 5.73 Å². The molecule has 0 saturated heterocycles. The molecule has 1 aromatic carbocycles. The second kappa shape index (κ2) is 4.18. The van der Waals surface area contributed by atoms with E-state index in [2.05, 4.69) is 0 Å². The van der Waals surface area contributed by atoms with E-state index in [1.165, 1.54) is 0 Å². The minimum Gasteiger partial charge on any atom is -0.395 e. The highest BCUT2D eigenvalue weighted by Gasteiger charge is 2.16. The van der Waals surface area contributed by atoms with Crippen LogP contribution in [0.2, 0.25) is 0 Å². The summed E-state index contributed by atoms with van der Waals surface area (Å²) in [6.07, 6.45) is -1.28. The van der Waals surface area contributed by atoms with Crippen molar-refractivity contribution in [1.29, 1.82) is 0 Å². The molecule has 3 heteroatoms. The van der Waals surface area contributed by atoms with Crippen LogP contribution in [0, 0.1) is 0 Å². The SMILES string of the molecule is NC(CO)C(F)c1ccccc1. The molecule has 2 atom stereocenters. The third kappa shape index (κ3) is 2.03. The Kier molecular flexibility index (Phi) is 3.19. The fourth-order valence-electron chi connectivity index (χ4n) is 0.977. The van der Waals surface area contributed by atoms with E-state index in [0.29, 0.717) is 5.56 Å². The number of aliphatic hydroxyl groups excluding tert-OH is 1. The van der Waals surface area contributed by atoms with Crippen LogP contribution in [0.25, 0.3) is 0 Å². The first-order chi connectivity index (χ1) is 5.75. The molecule has 0 aliphatic heterocycles. The molecule has 3 N–H and O–H groups in total. The highest BCUT2D eigenvalue weighted by molar-refractivity contribution is 5.18. The molecular formula is C9H12FNO. The van der Waals surface area contributed by atoms with Gasteiger partial charge >= 0.3 is 0 Å². The number of alkyl halides is 1. The Hall–Kier alpha value is -0.930. The van der Waals surface area contributed by atoms with Crippen molar-refractivity contribution in [2.75, 3.05) is 6.61 Å². The van der Waals surface area contributed by atoms with E-state index in [0.717, 1.165) is 0 Å². The highest BCUT2D eigenvalue weighted by Crippen LogP contribution is 2.19. The second-order valence-corrected chi connectivity index (χ2v) is 2.66. The van der Waals surface area contributed by atoms with Gasteiger partial charge in [-0.25, -0.2) is 4.39 Å². The summed E-state index contributed by atoms with van der Waals surface area (Å²) in [5.41, 5.74) is 5.84. The topological polar surface area (TPSA) is 46.2 Å². The Bertz CT molecular complexity index is 227. The lowest BCUT2D eigenvalue weighted by Crippen LogP contribution is -2.29. The molecule has 0 aromatic heterocycles. The first-order valence-electron chi connectivity index (χ1n) is 3.81. The van der Waals surface area contributed by atoms with Gasteiger partial charge in [0.25, 0.3) is 0 Å². The molecule has 0 aliphatic carbocycles. The van der Waals surface area contributed by atoms with Crippen LogP contribution in [0.15, 0.2) is 30.3 Å². The summed E-state index contributed by atoms with van der Waals surface area (Å²) in [6.45, 7) is -0.337. The lowest BCUT2D eigenvalue weighted by Gasteiger charge is -2.13. The largest absolute Gasteiger partial charge is 0.395 e. The summed E-state index contributed by atoms with van der Waals surface area (Å²) in [5.74, 6) is 0. The van der Waals surface area contributed by atoms with Crippen molar-refractivity contribution < 1.29 is 9.50 Å². The third-order valence-electron chi connectivity index (χ3n) is 1.70. The van der Waals surface area contributed by atoms with Gasteiger partial charge < -0.3 is 10.8 Å². The number of halogens is 1. The molecule has 0 saturated carbocycles. The van der Waals surface area contributed by atoms with E-state index in [-0.39, 0.29) is 6.61 Å². The van der Waals surface area contributed by atoms with Crippen molar-refractivity contribution in [2.45, 2.75) is 12.2 Å². The average Bonchev–Trinajstić information content (AvgIpc) is 2.17. The Morgan fingerprint density at radius 2 is 1.92 bits per heavy atom. The van der Waals surface area contributed by atoms with Gasteiger partial charge in [0.2, 0.25) is 0 Å². The minimum atomic E-state index is -1.28. The Balaban J connectivity index is 2.71. The van der Waals surface area contributed by atoms with Crippen molar-refractivity contribution >= 4 is 0 Å². The monoisotopic (exact) mass is 169 g/mol. The molecule has 0 spiro atoms. The zero-order chi connectivity index (χ0) is 8.97. The van der Waals surface area contributed by atoms with Crippen LogP contribution in [-0.2, 0) is 0 Å². The van der Waals surface area contributed by atoms with Gasteiger partial charge in [-0.3, -0.25) is 0 Å². The molecule has 0 fully saturated rings. The number of hydrogen-bond donors (Lipinski definition) is 2. The van der Waals surface area contributed by atoms with Gasteiger partial charge in [-0.2, -0.15) is 0 Å². The van der Waals surface area contributed by atoms with Crippen LogP contribution in [-0.4, -0.2) is 17.8 Å². The van der Waals surface area contributed by atoms with Gasteiger partial charge in [0.1, 0.15) is 6.17 Å². The van der Waals surface area contributed by atoms with Crippen LogP contribution in [0.3, 0.4) is 0 Å². The predicted octanol–water partition coefficient (Wildman–Crippen LogP) is 1.02. The van der Waals surface area contributed by atoms with Crippen molar-refractivity contribution in [3.63, 3.8) is 0 Å². The molecule has 1 rings (SSSR count). The van der Waals surface area contributed by atoms with Gasteiger partial charge in [-0.1, -0.05) is 30.3 Å². The summed E-state index contributed by atoms with van der Waals surface area (Å²) in [6, 6.07) is 7.77. The van der Waals surface area contributed by atoms with Gasteiger partial charge in [0.05, 0.1) is 12.6 Å². The van der Waals surface area contributed by atoms with Gasteiger partial charge in [-0.05, 0) is 5.56 Å². The zero-order valence-electron chi connectivity index (χ0n) is 6.65. The normalized spacial score (nSPS) is 15.6. The van der Waals surface area contributed by atoms with Crippen LogP contribution in [0.5, 0.6) is 0 Å². The molecule has 12 heavy (non-hydrogen) atoms. The summed E-state index contributed by atoms with van der Waals surface area (Å²) < 4.78 is 13.2. The molecule has 2 nitrogen and oxygen atoms in total. The summed E-state index contributed by atoms with van der Waals surface area (Å²) in [7, 11) is 0. The molecule has 0 amide bonds. The van der Waals surface area contributed by atoms with Gasteiger partial charge in [0.15, 0.2) is 0 Å². The first-order valence-corrected chi connectivity index (χ1v) is 3.81. The highest BCUT2D eigenvalue weighted by atomic mass is 19.1. The van der Waals surface area contributed by atoms with Crippen molar-refractivity contribution in [3.8, 4) is 0 Å². The molecule has 0 heterocycles. The Morgan fingerprint density at radius 3 is 2.42 bits per heavy atom. The van der Waals surface area contributed by atoms with E-state index < -0.39 is 12.2 Å². The van der Waals surface area contributed by atoms with Crippen LogP contribution >= 0.6 is 0 Å². The summed E-state index contributed by atoms with van der Waals surface area (Å²) in [5, 5.41) is 8.60. The van der Waals surface area contributed by atoms with Crippen LogP contribution in [0.4, 0.5) is 4.39 Å². The van der Waals surface area contributed by atoms with Gasteiger partial charge in [0, 0.05) is 0 Å². The Labute approximate surface area is 70.8 Å². The maximum absolute atomic E-state index is 13.2. The van der Waals surface area contributed by atoms with E-state index in [1.54, 1.807) is 30.3 Å². The number of aliphatic hydroxyl groups is 1. The summed E-state index contributed by atoms with van der Waals surface area (Å²) in [4.78, 5) is 0. The number of hydrogen-bond acceptors (Lipinski definition) is 2. The summed E-state index contributed by atoms with van der Waals surface area (Å²) >= 11 is 0. The lowest BCUT2D eigenvalue weighted by atomic mass is 10.1. The molecule has 0 aliphatic rings. The standard InChI is InChI=1S/C9H12FNO/c10-9(8(11)6-12)7-4-2-1-3-5-7/h1-5,8-9,12H,6,11H2. The quantitative estimate of drug-likeness (QED) is 0.709. The predicted molar refractivity (Wildman–Crippen MR) is 45.4 cm³/mol. The molecule has 0 radical (unpaired) electrons. The average molecular weight is 169 g/mol. The third-order valence-corrected chi connectivity index (χ3v) is 1.70. The molecular weight excluding hydrogens is 157 g/mol.